The SMILES string of the molecule is Clc1ccc([C]=NOC2=CCCCC2)cc1. The van der Waals surface area contributed by atoms with Crippen molar-refractivity contribution in [3.05, 3.63) is 46.7 Å². The second kappa shape index (κ2) is 5.71. The van der Waals surface area contributed by atoms with Crippen LogP contribution in [0, 0.1) is 0 Å². The molecule has 1 aromatic carbocycles. The maximum Gasteiger partial charge on any atom is 0.140 e. The quantitative estimate of drug-likeness (QED) is 0.572. The van der Waals surface area contributed by atoms with Crippen molar-refractivity contribution < 1.29 is 4.84 Å². The van der Waals surface area contributed by atoms with Gasteiger partial charge in [-0.3, -0.25) is 0 Å². The van der Waals surface area contributed by atoms with Crippen molar-refractivity contribution in [1.29, 1.82) is 0 Å². The first-order chi connectivity index (χ1) is 7.84. The number of nitrogens with zero attached hydrogens (tertiary/aromatic N) is 1. The molecule has 0 unspecified atom stereocenters. The Labute approximate surface area is 101 Å². The highest BCUT2D eigenvalue weighted by atomic mass is 35.5. The molecule has 0 spiro atoms. The van der Waals surface area contributed by atoms with Gasteiger partial charge in [0, 0.05) is 17.0 Å². The zero-order chi connectivity index (χ0) is 11.2. The fourth-order valence-corrected chi connectivity index (χ4v) is 1.68. The Balaban J connectivity index is 1.89. The van der Waals surface area contributed by atoms with Gasteiger partial charge in [-0.2, -0.15) is 0 Å². The second-order valence-electron chi connectivity index (χ2n) is 3.72. The Hall–Kier alpha value is -1.28. The van der Waals surface area contributed by atoms with Gasteiger partial charge in [0.05, 0.1) is 0 Å². The zero-order valence-electron chi connectivity index (χ0n) is 8.95. The molecular formula is C13H13ClNO. The molecule has 0 aromatic heterocycles. The molecule has 16 heavy (non-hydrogen) atoms. The largest absolute Gasteiger partial charge is 0.361 e. The number of hydrogen-bond acceptors (Lipinski definition) is 2. The van der Waals surface area contributed by atoms with E-state index in [-0.39, 0.29) is 0 Å². The maximum absolute atomic E-state index is 5.77. The van der Waals surface area contributed by atoms with Crippen molar-refractivity contribution in [3.8, 4) is 0 Å². The maximum atomic E-state index is 5.77. The van der Waals surface area contributed by atoms with Crippen LogP contribution in [0.25, 0.3) is 0 Å². The Morgan fingerprint density at radius 3 is 2.69 bits per heavy atom. The number of benzene rings is 1. The van der Waals surface area contributed by atoms with Crippen LogP contribution in [0.4, 0.5) is 0 Å². The van der Waals surface area contributed by atoms with E-state index >= 15 is 0 Å². The van der Waals surface area contributed by atoms with E-state index in [0.29, 0.717) is 5.02 Å². The van der Waals surface area contributed by atoms with Crippen LogP contribution >= 0.6 is 11.6 Å². The Bertz CT molecular complexity index is 395. The summed E-state index contributed by atoms with van der Waals surface area (Å²) in [6.45, 7) is 0. The summed E-state index contributed by atoms with van der Waals surface area (Å²) in [4.78, 5) is 5.26. The molecular weight excluding hydrogens is 222 g/mol. The molecule has 0 N–H and O–H groups in total. The minimum absolute atomic E-state index is 0.710. The van der Waals surface area contributed by atoms with Crippen LogP contribution in [0.15, 0.2) is 41.3 Å². The van der Waals surface area contributed by atoms with E-state index in [0.717, 1.165) is 24.2 Å². The molecule has 1 aromatic rings. The number of halogens is 1. The lowest BCUT2D eigenvalue weighted by atomic mass is 10.1. The number of hydrogen-bond donors (Lipinski definition) is 0. The van der Waals surface area contributed by atoms with Gasteiger partial charge < -0.3 is 4.84 Å². The van der Waals surface area contributed by atoms with E-state index in [1.807, 2.05) is 12.1 Å². The number of rotatable bonds is 3. The molecule has 0 fully saturated rings. The zero-order valence-corrected chi connectivity index (χ0v) is 9.70. The van der Waals surface area contributed by atoms with E-state index < -0.39 is 0 Å². The van der Waals surface area contributed by atoms with E-state index in [4.69, 9.17) is 16.4 Å². The highest BCUT2D eigenvalue weighted by Crippen LogP contribution is 2.18. The third-order valence-electron chi connectivity index (χ3n) is 2.43. The van der Waals surface area contributed by atoms with Crippen LogP contribution in [0.1, 0.15) is 31.2 Å². The summed E-state index contributed by atoms with van der Waals surface area (Å²) in [6, 6.07) is 7.31. The summed E-state index contributed by atoms with van der Waals surface area (Å²) < 4.78 is 0. The molecule has 1 aliphatic carbocycles. The van der Waals surface area contributed by atoms with Crippen LogP contribution in [-0.4, -0.2) is 6.21 Å². The van der Waals surface area contributed by atoms with E-state index in [2.05, 4.69) is 17.4 Å². The lowest BCUT2D eigenvalue weighted by molar-refractivity contribution is 0.210. The van der Waals surface area contributed by atoms with Crippen molar-refractivity contribution in [2.75, 3.05) is 0 Å². The Morgan fingerprint density at radius 2 is 2.00 bits per heavy atom. The topological polar surface area (TPSA) is 21.6 Å². The molecule has 2 nitrogen and oxygen atoms in total. The first kappa shape index (κ1) is 11.2. The summed E-state index contributed by atoms with van der Waals surface area (Å²) in [5.41, 5.74) is 0.862. The summed E-state index contributed by atoms with van der Waals surface area (Å²) in [5.74, 6) is 0.952. The monoisotopic (exact) mass is 234 g/mol. The summed E-state index contributed by atoms with van der Waals surface area (Å²) >= 11 is 5.77. The molecule has 1 radical (unpaired) electrons. The minimum Gasteiger partial charge on any atom is -0.361 e. The second-order valence-corrected chi connectivity index (χ2v) is 4.15. The van der Waals surface area contributed by atoms with Gasteiger partial charge in [-0.1, -0.05) is 28.9 Å². The van der Waals surface area contributed by atoms with Crippen molar-refractivity contribution >= 4 is 17.8 Å². The molecule has 0 atom stereocenters. The van der Waals surface area contributed by atoms with Crippen molar-refractivity contribution in [2.24, 2.45) is 5.16 Å². The molecule has 0 saturated carbocycles. The Kier molecular flexibility index (Phi) is 4.00. The van der Waals surface area contributed by atoms with E-state index in [1.54, 1.807) is 12.1 Å². The fourth-order valence-electron chi connectivity index (χ4n) is 1.55. The van der Waals surface area contributed by atoms with Gasteiger partial charge >= 0.3 is 0 Å². The predicted molar refractivity (Wildman–Crippen MR) is 65.6 cm³/mol. The number of allylic oxidation sites excluding steroid dienone is 2. The van der Waals surface area contributed by atoms with Crippen LogP contribution in [0.3, 0.4) is 0 Å². The standard InChI is InChI=1S/C13H13ClNO/c14-12-8-6-11(7-9-12)10-15-16-13-4-2-1-3-5-13/h4,6-9H,1-3,5H2. The average molecular weight is 235 g/mol. The van der Waals surface area contributed by atoms with Gasteiger partial charge in [0.15, 0.2) is 0 Å². The van der Waals surface area contributed by atoms with E-state index in [9.17, 15) is 0 Å². The molecule has 2 rings (SSSR count). The molecule has 0 saturated heterocycles. The summed E-state index contributed by atoms with van der Waals surface area (Å²) in [6.07, 6.45) is 9.41. The van der Waals surface area contributed by atoms with Gasteiger partial charge in [0.25, 0.3) is 0 Å². The van der Waals surface area contributed by atoms with Crippen LogP contribution in [-0.2, 0) is 4.84 Å². The molecule has 1 aliphatic rings. The Morgan fingerprint density at radius 1 is 1.19 bits per heavy atom. The molecule has 0 amide bonds. The van der Waals surface area contributed by atoms with Gasteiger partial charge in [0.2, 0.25) is 0 Å². The summed E-state index contributed by atoms with van der Waals surface area (Å²) in [5, 5.41) is 4.54. The van der Waals surface area contributed by atoms with Crippen molar-refractivity contribution in [2.45, 2.75) is 25.7 Å². The van der Waals surface area contributed by atoms with Crippen LogP contribution in [0.5, 0.6) is 0 Å². The smallest absolute Gasteiger partial charge is 0.140 e. The molecule has 83 valence electrons. The van der Waals surface area contributed by atoms with Gasteiger partial charge in [0.1, 0.15) is 12.0 Å². The van der Waals surface area contributed by atoms with Crippen LogP contribution in [0.2, 0.25) is 5.02 Å². The first-order valence-corrected chi connectivity index (χ1v) is 5.80. The highest BCUT2D eigenvalue weighted by molar-refractivity contribution is 6.30. The molecule has 0 bridgehead atoms. The lowest BCUT2D eigenvalue weighted by Gasteiger charge is -2.08. The summed E-state index contributed by atoms with van der Waals surface area (Å²) in [7, 11) is 0. The third-order valence-corrected chi connectivity index (χ3v) is 2.68. The van der Waals surface area contributed by atoms with Crippen molar-refractivity contribution in [1.82, 2.24) is 0 Å². The van der Waals surface area contributed by atoms with Gasteiger partial charge in [-0.15, -0.1) is 0 Å². The normalized spacial score (nSPS) is 16.2. The van der Waals surface area contributed by atoms with Gasteiger partial charge in [-0.25, -0.2) is 0 Å². The molecule has 0 heterocycles. The first-order valence-electron chi connectivity index (χ1n) is 5.42. The minimum atomic E-state index is 0.710. The lowest BCUT2D eigenvalue weighted by Crippen LogP contribution is -1.93. The van der Waals surface area contributed by atoms with Gasteiger partial charge in [-0.05, 0) is 37.5 Å². The average Bonchev–Trinajstić information content (AvgIpc) is 2.33. The molecule has 0 aliphatic heterocycles. The predicted octanol–water partition coefficient (Wildman–Crippen LogP) is 4.03. The van der Waals surface area contributed by atoms with Crippen LogP contribution < -0.4 is 0 Å². The molecule has 3 heteroatoms. The fraction of sp³-hybridized carbons (Fsp3) is 0.308. The van der Waals surface area contributed by atoms with Crippen molar-refractivity contribution in [3.63, 3.8) is 0 Å². The highest BCUT2D eigenvalue weighted by Gasteiger charge is 2.03. The third kappa shape index (κ3) is 3.38. The van der Waals surface area contributed by atoms with E-state index in [1.165, 1.54) is 12.8 Å².